The molecule has 27 heavy (non-hydrogen) atoms. The highest BCUT2D eigenvalue weighted by Crippen LogP contribution is 2.18. The molecule has 1 aliphatic rings. The van der Waals surface area contributed by atoms with Crippen molar-refractivity contribution in [2.75, 3.05) is 32.8 Å². The molecule has 1 atom stereocenters. The van der Waals surface area contributed by atoms with Crippen LogP contribution in [-0.2, 0) is 19.1 Å². The summed E-state index contributed by atoms with van der Waals surface area (Å²) in [5.74, 6) is -0.00314. The van der Waals surface area contributed by atoms with Gasteiger partial charge in [-0.05, 0) is 38.1 Å². The van der Waals surface area contributed by atoms with Crippen molar-refractivity contribution in [3.05, 3.63) is 24.3 Å². The molecule has 8 nitrogen and oxygen atoms in total. The van der Waals surface area contributed by atoms with Crippen molar-refractivity contribution in [1.29, 1.82) is 0 Å². The first-order valence-corrected chi connectivity index (χ1v) is 9.08. The second-order valence-electron chi connectivity index (χ2n) is 6.27. The maximum absolute atomic E-state index is 12.5. The van der Waals surface area contributed by atoms with Crippen molar-refractivity contribution in [3.63, 3.8) is 0 Å². The highest BCUT2D eigenvalue weighted by Gasteiger charge is 2.28. The Balaban J connectivity index is 1.76. The summed E-state index contributed by atoms with van der Waals surface area (Å²) < 4.78 is 10.4. The minimum atomic E-state index is -0.666. The largest absolute Gasteiger partial charge is 0.508 e. The van der Waals surface area contributed by atoms with Gasteiger partial charge in [-0.1, -0.05) is 0 Å². The van der Waals surface area contributed by atoms with Crippen molar-refractivity contribution < 1.29 is 29.0 Å². The van der Waals surface area contributed by atoms with E-state index in [9.17, 15) is 19.5 Å². The monoisotopic (exact) mass is 378 g/mol. The van der Waals surface area contributed by atoms with Gasteiger partial charge in [-0.3, -0.25) is 14.4 Å². The van der Waals surface area contributed by atoms with Gasteiger partial charge in [-0.2, -0.15) is 0 Å². The number of amides is 2. The fourth-order valence-corrected chi connectivity index (χ4v) is 2.81. The van der Waals surface area contributed by atoms with Gasteiger partial charge in [0.1, 0.15) is 11.5 Å². The first kappa shape index (κ1) is 20.5. The van der Waals surface area contributed by atoms with Gasteiger partial charge < -0.3 is 24.4 Å². The summed E-state index contributed by atoms with van der Waals surface area (Å²) in [6.45, 7) is 5.41. The van der Waals surface area contributed by atoms with E-state index in [0.717, 1.165) is 0 Å². The lowest BCUT2D eigenvalue weighted by molar-refractivity contribution is -0.147. The fraction of sp³-hybridized carbons (Fsp3) is 0.526. The Morgan fingerprint density at radius 3 is 2.22 bits per heavy atom. The molecule has 1 unspecified atom stereocenters. The van der Waals surface area contributed by atoms with Crippen LogP contribution in [0.3, 0.4) is 0 Å². The van der Waals surface area contributed by atoms with Crippen LogP contribution >= 0.6 is 0 Å². The number of hydrogen-bond donors (Lipinski definition) is 1. The zero-order chi connectivity index (χ0) is 19.8. The molecule has 1 aromatic rings. The van der Waals surface area contributed by atoms with Crippen LogP contribution in [0.1, 0.15) is 26.7 Å². The van der Waals surface area contributed by atoms with Gasteiger partial charge in [-0.15, -0.1) is 0 Å². The van der Waals surface area contributed by atoms with Gasteiger partial charge in [0.2, 0.25) is 5.91 Å². The number of piperazine rings is 1. The van der Waals surface area contributed by atoms with E-state index in [2.05, 4.69) is 0 Å². The quantitative estimate of drug-likeness (QED) is 0.716. The van der Waals surface area contributed by atoms with Gasteiger partial charge in [0.25, 0.3) is 5.91 Å². The number of hydrogen-bond acceptors (Lipinski definition) is 6. The summed E-state index contributed by atoms with van der Waals surface area (Å²) in [7, 11) is 0. The number of esters is 1. The van der Waals surface area contributed by atoms with Crippen LogP contribution in [0, 0.1) is 0 Å². The molecule has 1 aliphatic heterocycles. The lowest BCUT2D eigenvalue weighted by Crippen LogP contribution is -2.53. The molecule has 8 heteroatoms. The average Bonchev–Trinajstić information content (AvgIpc) is 2.67. The minimum Gasteiger partial charge on any atom is -0.508 e. The summed E-state index contributed by atoms with van der Waals surface area (Å²) in [6.07, 6.45) is -0.475. The van der Waals surface area contributed by atoms with Crippen LogP contribution in [0.15, 0.2) is 24.3 Å². The number of rotatable bonds is 7. The van der Waals surface area contributed by atoms with Crippen molar-refractivity contribution in [2.24, 2.45) is 0 Å². The van der Waals surface area contributed by atoms with Gasteiger partial charge in [0.05, 0.1) is 13.0 Å². The number of benzene rings is 1. The Hall–Kier alpha value is -2.77. The molecule has 0 spiro atoms. The van der Waals surface area contributed by atoms with E-state index < -0.39 is 6.10 Å². The minimum absolute atomic E-state index is 0.0727. The van der Waals surface area contributed by atoms with E-state index in [1.807, 2.05) is 0 Å². The number of nitrogens with zero attached hydrogens (tertiary/aromatic N) is 2. The van der Waals surface area contributed by atoms with Crippen molar-refractivity contribution >= 4 is 17.8 Å². The highest BCUT2D eigenvalue weighted by molar-refractivity contribution is 5.83. The predicted octanol–water partition coefficient (Wildman–Crippen LogP) is 1.17. The van der Waals surface area contributed by atoms with Crippen LogP contribution in [0.2, 0.25) is 0 Å². The van der Waals surface area contributed by atoms with Gasteiger partial charge in [0, 0.05) is 32.6 Å². The van der Waals surface area contributed by atoms with Crippen molar-refractivity contribution in [1.82, 2.24) is 9.80 Å². The van der Waals surface area contributed by atoms with Gasteiger partial charge in [-0.25, -0.2) is 0 Å². The molecule has 1 N–H and O–H groups in total. The zero-order valence-electron chi connectivity index (χ0n) is 15.7. The summed E-state index contributed by atoms with van der Waals surface area (Å²) in [6, 6.07) is 6.18. The van der Waals surface area contributed by atoms with E-state index in [1.165, 1.54) is 12.1 Å². The van der Waals surface area contributed by atoms with E-state index in [0.29, 0.717) is 38.5 Å². The highest BCUT2D eigenvalue weighted by atomic mass is 16.5. The summed E-state index contributed by atoms with van der Waals surface area (Å²) in [4.78, 5) is 39.3. The third-order valence-corrected chi connectivity index (χ3v) is 4.29. The standard InChI is InChI=1S/C19H26N2O6/c1-3-26-18(24)9-8-17(23)20-10-12-21(13-11-20)19(25)14(2)27-16-6-4-15(22)5-7-16/h4-7,14,22H,3,8-13H2,1-2H3. The van der Waals surface area contributed by atoms with E-state index in [4.69, 9.17) is 9.47 Å². The Labute approximate surface area is 158 Å². The summed E-state index contributed by atoms with van der Waals surface area (Å²) in [5, 5.41) is 9.28. The van der Waals surface area contributed by atoms with E-state index >= 15 is 0 Å². The van der Waals surface area contributed by atoms with Crippen LogP contribution in [-0.4, -0.2) is 71.6 Å². The topological polar surface area (TPSA) is 96.4 Å². The molecule has 0 radical (unpaired) electrons. The molecule has 0 saturated carbocycles. The number of aromatic hydroxyl groups is 1. The molecular weight excluding hydrogens is 352 g/mol. The van der Waals surface area contributed by atoms with E-state index in [-0.39, 0.29) is 36.4 Å². The Morgan fingerprint density at radius 2 is 1.63 bits per heavy atom. The van der Waals surface area contributed by atoms with Crippen LogP contribution < -0.4 is 4.74 Å². The SMILES string of the molecule is CCOC(=O)CCC(=O)N1CCN(C(=O)C(C)Oc2ccc(O)cc2)CC1. The normalized spacial score (nSPS) is 15.2. The molecule has 1 heterocycles. The Kier molecular flexibility index (Phi) is 7.45. The van der Waals surface area contributed by atoms with Crippen molar-refractivity contribution in [3.8, 4) is 11.5 Å². The van der Waals surface area contributed by atoms with Crippen LogP contribution in [0.5, 0.6) is 11.5 Å². The van der Waals surface area contributed by atoms with E-state index in [1.54, 1.807) is 35.8 Å². The van der Waals surface area contributed by atoms with Crippen LogP contribution in [0.25, 0.3) is 0 Å². The molecule has 1 aromatic carbocycles. The Morgan fingerprint density at radius 1 is 1.04 bits per heavy atom. The maximum Gasteiger partial charge on any atom is 0.306 e. The fourth-order valence-electron chi connectivity index (χ4n) is 2.81. The number of phenolic OH excluding ortho intramolecular Hbond substituents is 1. The number of phenols is 1. The second-order valence-corrected chi connectivity index (χ2v) is 6.27. The van der Waals surface area contributed by atoms with Gasteiger partial charge >= 0.3 is 5.97 Å². The summed E-state index contributed by atoms with van der Waals surface area (Å²) in [5.41, 5.74) is 0. The van der Waals surface area contributed by atoms with Crippen LogP contribution in [0.4, 0.5) is 0 Å². The molecule has 0 aromatic heterocycles. The molecular formula is C19H26N2O6. The zero-order valence-corrected chi connectivity index (χ0v) is 15.7. The average molecular weight is 378 g/mol. The molecule has 2 rings (SSSR count). The maximum atomic E-state index is 12.5. The number of carbonyl (C=O) groups excluding carboxylic acids is 3. The van der Waals surface area contributed by atoms with Gasteiger partial charge in [0.15, 0.2) is 6.10 Å². The number of carbonyl (C=O) groups is 3. The molecule has 1 fully saturated rings. The summed E-state index contributed by atoms with van der Waals surface area (Å²) >= 11 is 0. The third kappa shape index (κ3) is 6.16. The molecule has 0 aliphatic carbocycles. The molecule has 148 valence electrons. The predicted molar refractivity (Wildman–Crippen MR) is 97.2 cm³/mol. The molecule has 1 saturated heterocycles. The number of ether oxygens (including phenoxy) is 2. The third-order valence-electron chi connectivity index (χ3n) is 4.29. The lowest BCUT2D eigenvalue weighted by Gasteiger charge is -2.36. The second kappa shape index (κ2) is 9.80. The Bertz CT molecular complexity index is 653. The van der Waals surface area contributed by atoms with Crippen molar-refractivity contribution in [2.45, 2.75) is 32.8 Å². The molecule has 0 bridgehead atoms. The smallest absolute Gasteiger partial charge is 0.306 e. The molecule has 2 amide bonds. The first-order valence-electron chi connectivity index (χ1n) is 9.08. The first-order chi connectivity index (χ1) is 12.9. The lowest BCUT2D eigenvalue weighted by atomic mass is 10.2.